The molecule has 0 unspecified atom stereocenters. The highest BCUT2D eigenvalue weighted by atomic mass is 16.5. The number of nitrogens with zero attached hydrogens (tertiary/aromatic N) is 5. The molecule has 138 valence electrons. The second-order valence-corrected chi connectivity index (χ2v) is 7.09. The van der Waals surface area contributed by atoms with Gasteiger partial charge in [0.05, 0.1) is 0 Å². The van der Waals surface area contributed by atoms with Crippen molar-refractivity contribution in [2.24, 2.45) is 10.2 Å². The number of nitriles is 1. The lowest BCUT2D eigenvalue weighted by Crippen LogP contribution is -2.22. The van der Waals surface area contributed by atoms with E-state index in [1.165, 1.54) is 0 Å². The summed E-state index contributed by atoms with van der Waals surface area (Å²) in [6.45, 7) is 9.76. The van der Waals surface area contributed by atoms with E-state index in [4.69, 9.17) is 4.52 Å². The number of hydrogen-bond acceptors (Lipinski definition) is 7. The van der Waals surface area contributed by atoms with Crippen molar-refractivity contribution in [3.8, 4) is 11.9 Å². The Balaban J connectivity index is 2.50. The first-order valence-corrected chi connectivity index (χ1v) is 8.46. The average molecular weight is 357 g/mol. The Labute approximate surface area is 151 Å². The maximum Gasteiger partial charge on any atom is 0.281 e. The van der Waals surface area contributed by atoms with Gasteiger partial charge in [-0.15, -0.1) is 10.2 Å². The molecule has 0 saturated heterocycles. The average Bonchev–Trinajstić information content (AvgIpc) is 3.04. The fourth-order valence-electron chi connectivity index (χ4n) is 2.35. The van der Waals surface area contributed by atoms with Crippen molar-refractivity contribution in [1.82, 2.24) is 9.72 Å². The van der Waals surface area contributed by atoms with Gasteiger partial charge < -0.3 is 9.63 Å². The molecule has 2 heterocycles. The number of aromatic hydroxyl groups is 1. The van der Waals surface area contributed by atoms with Gasteiger partial charge in [-0.1, -0.05) is 39.3 Å². The summed E-state index contributed by atoms with van der Waals surface area (Å²) < 4.78 is 6.40. The summed E-state index contributed by atoms with van der Waals surface area (Å²) in [5.74, 6) is 0.547. The summed E-state index contributed by atoms with van der Waals surface area (Å²) in [4.78, 5) is 12.7. The molecule has 8 heteroatoms. The second-order valence-electron chi connectivity index (χ2n) is 7.09. The van der Waals surface area contributed by atoms with Crippen molar-refractivity contribution >= 4 is 11.5 Å². The summed E-state index contributed by atoms with van der Waals surface area (Å²) in [6.07, 6.45) is 1.53. The van der Waals surface area contributed by atoms with Crippen LogP contribution < -0.4 is 5.56 Å². The molecule has 0 radical (unpaired) electrons. The summed E-state index contributed by atoms with van der Waals surface area (Å²) in [6, 6.07) is 3.58. The Morgan fingerprint density at radius 2 is 2.08 bits per heavy atom. The van der Waals surface area contributed by atoms with E-state index < -0.39 is 5.56 Å². The van der Waals surface area contributed by atoms with E-state index in [0.29, 0.717) is 18.7 Å². The number of unbranched alkanes of at least 4 members (excludes halogenated alkanes) is 1. The Morgan fingerprint density at radius 1 is 1.38 bits per heavy atom. The van der Waals surface area contributed by atoms with Crippen LogP contribution in [0, 0.1) is 18.3 Å². The minimum Gasteiger partial charge on any atom is -0.493 e. The highest BCUT2D eigenvalue weighted by Gasteiger charge is 2.21. The van der Waals surface area contributed by atoms with Crippen LogP contribution in [-0.4, -0.2) is 14.8 Å². The fourth-order valence-corrected chi connectivity index (χ4v) is 2.35. The smallest absolute Gasteiger partial charge is 0.281 e. The number of hydrogen-bond donors (Lipinski definition) is 1. The van der Waals surface area contributed by atoms with Gasteiger partial charge in [0.1, 0.15) is 17.4 Å². The lowest BCUT2D eigenvalue weighted by atomic mass is 9.93. The van der Waals surface area contributed by atoms with Crippen molar-refractivity contribution < 1.29 is 9.63 Å². The Hall–Kier alpha value is -2.95. The largest absolute Gasteiger partial charge is 0.493 e. The first-order valence-electron chi connectivity index (χ1n) is 8.46. The Bertz CT molecular complexity index is 926. The van der Waals surface area contributed by atoms with E-state index in [-0.39, 0.29) is 33.9 Å². The molecule has 2 aromatic rings. The van der Waals surface area contributed by atoms with E-state index >= 15 is 0 Å². The third-order valence-electron chi connectivity index (χ3n) is 3.99. The molecule has 2 rings (SSSR count). The number of pyridine rings is 1. The molecule has 0 aliphatic rings. The minimum absolute atomic E-state index is 0.00996. The maximum absolute atomic E-state index is 12.7. The zero-order valence-corrected chi connectivity index (χ0v) is 15.7. The van der Waals surface area contributed by atoms with Gasteiger partial charge in [-0.25, -0.2) is 0 Å². The van der Waals surface area contributed by atoms with Crippen LogP contribution in [0.1, 0.15) is 57.4 Å². The van der Waals surface area contributed by atoms with Crippen LogP contribution in [0.3, 0.4) is 0 Å². The fraction of sp³-hybridized carbons (Fsp3) is 0.500. The number of aromatic nitrogens is 2. The van der Waals surface area contributed by atoms with Gasteiger partial charge in [-0.05, 0) is 13.3 Å². The third-order valence-corrected chi connectivity index (χ3v) is 3.99. The van der Waals surface area contributed by atoms with Gasteiger partial charge >= 0.3 is 0 Å². The van der Waals surface area contributed by atoms with E-state index in [1.807, 2.05) is 33.8 Å². The second kappa shape index (κ2) is 7.52. The lowest BCUT2D eigenvalue weighted by molar-refractivity contribution is 0.330. The Morgan fingerprint density at radius 3 is 2.62 bits per heavy atom. The minimum atomic E-state index is -0.490. The number of azo groups is 1. The summed E-state index contributed by atoms with van der Waals surface area (Å²) in [7, 11) is 0. The van der Waals surface area contributed by atoms with Gasteiger partial charge in [0.25, 0.3) is 5.56 Å². The van der Waals surface area contributed by atoms with Crippen molar-refractivity contribution in [1.29, 1.82) is 5.26 Å². The van der Waals surface area contributed by atoms with Crippen molar-refractivity contribution in [3.05, 3.63) is 33.3 Å². The van der Waals surface area contributed by atoms with Crippen molar-refractivity contribution in [3.63, 3.8) is 0 Å². The molecule has 0 atom stereocenters. The predicted octanol–water partition coefficient (Wildman–Crippen LogP) is 4.24. The third kappa shape index (κ3) is 3.82. The molecule has 0 aliphatic carbocycles. The first-order chi connectivity index (χ1) is 12.2. The van der Waals surface area contributed by atoms with E-state index in [9.17, 15) is 15.2 Å². The van der Waals surface area contributed by atoms with Crippen LogP contribution in [0.25, 0.3) is 0 Å². The standard InChI is InChI=1S/C18H23N5O3/c1-6-7-8-23-16(24)12(10-19)11(2)15(17(23)25)21-20-14-9-13(26-22-14)18(3,4)5/h9,24H,6-8H2,1-5H3. The molecule has 0 amide bonds. The molecule has 0 bridgehead atoms. The van der Waals surface area contributed by atoms with Crippen molar-refractivity contribution in [2.45, 2.75) is 59.4 Å². The lowest BCUT2D eigenvalue weighted by Gasteiger charge is -2.12. The van der Waals surface area contributed by atoms with E-state index in [0.717, 1.165) is 11.0 Å². The summed E-state index contributed by atoms with van der Waals surface area (Å²) >= 11 is 0. The number of rotatable bonds is 5. The van der Waals surface area contributed by atoms with Crippen LogP contribution in [0.5, 0.6) is 5.88 Å². The van der Waals surface area contributed by atoms with Gasteiger partial charge in [0, 0.05) is 23.6 Å². The van der Waals surface area contributed by atoms with Crippen LogP contribution in [0.15, 0.2) is 25.6 Å². The van der Waals surface area contributed by atoms with Gasteiger partial charge in [-0.3, -0.25) is 9.36 Å². The Kier molecular flexibility index (Phi) is 5.60. The SMILES string of the molecule is CCCCn1c(O)c(C#N)c(C)c(N=Nc2cc(C(C)(C)C)on2)c1=O. The molecular weight excluding hydrogens is 334 g/mol. The molecule has 0 aromatic carbocycles. The van der Waals surface area contributed by atoms with Crippen LogP contribution >= 0.6 is 0 Å². The molecule has 8 nitrogen and oxygen atoms in total. The summed E-state index contributed by atoms with van der Waals surface area (Å²) in [5, 5.41) is 31.3. The van der Waals surface area contributed by atoms with Gasteiger partial charge in [0.2, 0.25) is 11.7 Å². The molecule has 0 saturated carbocycles. The predicted molar refractivity (Wildman–Crippen MR) is 96.1 cm³/mol. The van der Waals surface area contributed by atoms with Gasteiger partial charge in [0.15, 0.2) is 5.69 Å². The quantitative estimate of drug-likeness (QED) is 0.803. The highest BCUT2D eigenvalue weighted by Crippen LogP contribution is 2.29. The zero-order valence-electron chi connectivity index (χ0n) is 15.7. The van der Waals surface area contributed by atoms with Crippen LogP contribution in [0.2, 0.25) is 0 Å². The van der Waals surface area contributed by atoms with Gasteiger partial charge in [-0.2, -0.15) is 5.26 Å². The van der Waals surface area contributed by atoms with Crippen LogP contribution in [-0.2, 0) is 12.0 Å². The van der Waals surface area contributed by atoms with Crippen molar-refractivity contribution in [2.75, 3.05) is 0 Å². The highest BCUT2D eigenvalue weighted by molar-refractivity contribution is 5.56. The van der Waals surface area contributed by atoms with Crippen LogP contribution in [0.4, 0.5) is 11.5 Å². The normalized spacial score (nSPS) is 11.8. The topological polar surface area (TPSA) is 117 Å². The van der Waals surface area contributed by atoms with E-state index in [1.54, 1.807) is 13.0 Å². The van der Waals surface area contributed by atoms with E-state index in [2.05, 4.69) is 15.4 Å². The maximum atomic E-state index is 12.7. The molecule has 1 N–H and O–H groups in total. The summed E-state index contributed by atoms with van der Waals surface area (Å²) in [5.41, 5.74) is -0.404. The molecule has 2 aromatic heterocycles. The molecule has 26 heavy (non-hydrogen) atoms. The first kappa shape index (κ1) is 19.4. The molecular formula is C18H23N5O3. The molecule has 0 aliphatic heterocycles. The molecule has 0 fully saturated rings. The molecule has 0 spiro atoms. The zero-order chi connectivity index (χ0) is 19.5. The monoisotopic (exact) mass is 357 g/mol.